The Labute approximate surface area is 206 Å². The molecule has 35 heavy (non-hydrogen) atoms. The summed E-state index contributed by atoms with van der Waals surface area (Å²) in [6.45, 7) is 6.42. The van der Waals surface area contributed by atoms with Gasteiger partial charge in [0.2, 0.25) is 5.91 Å². The van der Waals surface area contributed by atoms with Gasteiger partial charge in [-0.3, -0.25) is 9.59 Å². The second kappa shape index (κ2) is 8.69. The summed E-state index contributed by atoms with van der Waals surface area (Å²) in [5.74, 6) is -1.50. The van der Waals surface area contributed by atoms with Crippen LogP contribution in [0, 0.1) is 5.82 Å². The van der Waals surface area contributed by atoms with E-state index in [-0.39, 0.29) is 83.3 Å². The van der Waals surface area contributed by atoms with Gasteiger partial charge in [-0.1, -0.05) is 24.2 Å². The molecule has 184 valence electrons. The average molecular weight is 503 g/mol. The fourth-order valence-electron chi connectivity index (χ4n) is 4.77. The molecule has 3 aliphatic heterocycles. The van der Waals surface area contributed by atoms with E-state index in [0.29, 0.717) is 6.54 Å². The van der Waals surface area contributed by atoms with E-state index in [9.17, 15) is 24.2 Å². The summed E-state index contributed by atoms with van der Waals surface area (Å²) in [6, 6.07) is 3.04. The summed E-state index contributed by atoms with van der Waals surface area (Å²) >= 11 is 6.66. The van der Waals surface area contributed by atoms with Gasteiger partial charge in [-0.2, -0.15) is 0 Å². The van der Waals surface area contributed by atoms with E-state index in [0.717, 1.165) is 0 Å². The Morgan fingerprint density at radius 2 is 2.06 bits per heavy atom. The highest BCUT2D eigenvalue weighted by Crippen LogP contribution is 2.47. The second-order valence-corrected chi connectivity index (χ2v) is 9.23. The minimum atomic E-state index is -0.738. The third-order valence-corrected chi connectivity index (χ3v) is 7.22. The molecule has 9 nitrogen and oxygen atoms in total. The molecule has 11 heteroatoms. The van der Waals surface area contributed by atoms with E-state index >= 15 is 0 Å². The molecule has 2 saturated heterocycles. The van der Waals surface area contributed by atoms with Crippen LogP contribution in [-0.4, -0.2) is 87.8 Å². The number of pyridine rings is 1. The summed E-state index contributed by atoms with van der Waals surface area (Å²) in [6.07, 6.45) is 0.600. The van der Waals surface area contributed by atoms with Gasteiger partial charge in [0.25, 0.3) is 5.91 Å². The number of anilines is 1. The molecule has 0 aliphatic carbocycles. The first-order valence-corrected chi connectivity index (χ1v) is 11.6. The SMILES string of the molecule is C=CC(=O)N1CCN2C(=O)c3c(N4C[C@@H](O)[C@H]4C)nc(-c4c(O)cccc4F)c(Cl)c3OC[C@H]2C1. The molecule has 1 aromatic carbocycles. The summed E-state index contributed by atoms with van der Waals surface area (Å²) in [7, 11) is 0. The third-order valence-electron chi connectivity index (χ3n) is 6.87. The number of nitrogens with zero attached hydrogens (tertiary/aromatic N) is 4. The number of phenolic OH excluding ortho intramolecular Hbond substituents is 1. The fraction of sp³-hybridized carbons (Fsp3) is 0.375. The van der Waals surface area contributed by atoms with Crippen LogP contribution in [0.5, 0.6) is 11.5 Å². The number of ether oxygens (including phenoxy) is 1. The number of aromatic nitrogens is 1. The zero-order valence-electron chi connectivity index (χ0n) is 18.9. The number of benzene rings is 1. The number of β-amino-alcohol motifs (C(OH)–C–C–N with tert-alkyl or cyclic N) is 1. The summed E-state index contributed by atoms with van der Waals surface area (Å²) in [5.41, 5.74) is -0.170. The molecule has 3 atom stereocenters. The predicted octanol–water partition coefficient (Wildman–Crippen LogP) is 2.05. The van der Waals surface area contributed by atoms with Crippen molar-refractivity contribution in [1.29, 1.82) is 0 Å². The molecule has 4 heterocycles. The highest BCUT2D eigenvalue weighted by Gasteiger charge is 2.44. The summed E-state index contributed by atoms with van der Waals surface area (Å²) in [5, 5.41) is 20.4. The minimum absolute atomic E-state index is 0.0314. The van der Waals surface area contributed by atoms with Crippen LogP contribution in [0.2, 0.25) is 5.02 Å². The molecule has 0 radical (unpaired) electrons. The normalized spacial score (nSPS) is 23.6. The van der Waals surface area contributed by atoms with E-state index in [1.165, 1.54) is 24.3 Å². The number of halogens is 2. The molecule has 0 bridgehead atoms. The van der Waals surface area contributed by atoms with E-state index in [4.69, 9.17) is 16.3 Å². The van der Waals surface area contributed by atoms with Gasteiger partial charge in [0.1, 0.15) is 40.3 Å². The maximum atomic E-state index is 14.8. The lowest BCUT2D eigenvalue weighted by Gasteiger charge is -2.45. The van der Waals surface area contributed by atoms with Crippen LogP contribution in [0.25, 0.3) is 11.3 Å². The first-order chi connectivity index (χ1) is 16.7. The highest BCUT2D eigenvalue weighted by atomic mass is 35.5. The van der Waals surface area contributed by atoms with Gasteiger partial charge >= 0.3 is 0 Å². The molecule has 2 fully saturated rings. The lowest BCUT2D eigenvalue weighted by molar-refractivity contribution is -0.128. The van der Waals surface area contributed by atoms with Crippen molar-refractivity contribution in [3.05, 3.63) is 47.3 Å². The number of carbonyl (C=O) groups excluding carboxylic acids is 2. The Morgan fingerprint density at radius 1 is 1.29 bits per heavy atom. The zero-order chi connectivity index (χ0) is 25.0. The molecule has 1 aromatic heterocycles. The average Bonchev–Trinajstić information content (AvgIpc) is 3.00. The Hall–Kier alpha value is -3.37. The van der Waals surface area contributed by atoms with Crippen molar-refractivity contribution >= 4 is 29.2 Å². The highest BCUT2D eigenvalue weighted by molar-refractivity contribution is 6.35. The van der Waals surface area contributed by atoms with Gasteiger partial charge in [0, 0.05) is 26.2 Å². The maximum Gasteiger partial charge on any atom is 0.261 e. The van der Waals surface area contributed by atoms with Crippen LogP contribution >= 0.6 is 11.6 Å². The number of fused-ring (bicyclic) bond motifs is 2. The van der Waals surface area contributed by atoms with E-state index in [1.807, 2.05) is 0 Å². The van der Waals surface area contributed by atoms with Crippen molar-refractivity contribution in [2.75, 3.05) is 37.7 Å². The largest absolute Gasteiger partial charge is 0.507 e. The number of aromatic hydroxyl groups is 1. The zero-order valence-corrected chi connectivity index (χ0v) is 19.7. The number of phenols is 1. The van der Waals surface area contributed by atoms with Crippen molar-refractivity contribution in [2.45, 2.75) is 25.1 Å². The van der Waals surface area contributed by atoms with E-state index in [1.54, 1.807) is 21.6 Å². The number of hydrogen-bond donors (Lipinski definition) is 2. The van der Waals surface area contributed by atoms with Crippen molar-refractivity contribution in [3.63, 3.8) is 0 Å². The Balaban J connectivity index is 1.66. The van der Waals surface area contributed by atoms with Crippen LogP contribution in [0.15, 0.2) is 30.9 Å². The molecule has 0 unspecified atom stereocenters. The van der Waals surface area contributed by atoms with Crippen LogP contribution < -0.4 is 9.64 Å². The maximum absolute atomic E-state index is 14.8. The number of rotatable bonds is 3. The van der Waals surface area contributed by atoms with Crippen LogP contribution in [0.4, 0.5) is 10.2 Å². The first kappa shape index (κ1) is 23.4. The van der Waals surface area contributed by atoms with Crippen LogP contribution in [-0.2, 0) is 4.79 Å². The van der Waals surface area contributed by atoms with Gasteiger partial charge in [-0.25, -0.2) is 9.37 Å². The van der Waals surface area contributed by atoms with Crippen molar-refractivity contribution in [1.82, 2.24) is 14.8 Å². The molecular formula is C24H24ClFN4O5. The number of aliphatic hydroxyl groups excluding tert-OH is 1. The number of hydrogen-bond acceptors (Lipinski definition) is 7. The van der Waals surface area contributed by atoms with E-state index < -0.39 is 18.0 Å². The number of piperazine rings is 1. The second-order valence-electron chi connectivity index (χ2n) is 8.85. The molecule has 0 spiro atoms. The monoisotopic (exact) mass is 502 g/mol. The van der Waals surface area contributed by atoms with Gasteiger partial charge in [-0.15, -0.1) is 0 Å². The Bertz CT molecular complexity index is 1220. The summed E-state index contributed by atoms with van der Waals surface area (Å²) in [4.78, 5) is 35.5. The molecule has 3 aliphatic rings. The molecule has 0 saturated carbocycles. The van der Waals surface area contributed by atoms with E-state index in [2.05, 4.69) is 11.6 Å². The Morgan fingerprint density at radius 3 is 2.71 bits per heavy atom. The lowest BCUT2D eigenvalue weighted by Crippen LogP contribution is -2.60. The smallest absolute Gasteiger partial charge is 0.261 e. The summed E-state index contributed by atoms with van der Waals surface area (Å²) < 4.78 is 20.8. The quantitative estimate of drug-likeness (QED) is 0.619. The molecule has 2 N–H and O–H groups in total. The molecule has 2 aromatic rings. The number of carbonyl (C=O) groups is 2. The molecular weight excluding hydrogens is 479 g/mol. The van der Waals surface area contributed by atoms with Crippen LogP contribution in [0.1, 0.15) is 17.3 Å². The van der Waals surface area contributed by atoms with Crippen molar-refractivity contribution in [2.24, 2.45) is 0 Å². The topological polar surface area (TPSA) is 106 Å². The lowest BCUT2D eigenvalue weighted by atomic mass is 9.98. The number of aliphatic hydroxyl groups is 1. The van der Waals surface area contributed by atoms with Gasteiger partial charge in [0.15, 0.2) is 5.75 Å². The number of amides is 2. The van der Waals surface area contributed by atoms with Gasteiger partial charge in [-0.05, 0) is 25.1 Å². The van der Waals surface area contributed by atoms with Crippen LogP contribution in [0.3, 0.4) is 0 Å². The predicted molar refractivity (Wildman–Crippen MR) is 126 cm³/mol. The third kappa shape index (κ3) is 3.68. The van der Waals surface area contributed by atoms with Crippen molar-refractivity contribution in [3.8, 4) is 22.8 Å². The minimum Gasteiger partial charge on any atom is -0.507 e. The van der Waals surface area contributed by atoms with Gasteiger partial charge in [0.05, 0.1) is 23.8 Å². The molecule has 5 rings (SSSR count). The van der Waals surface area contributed by atoms with Gasteiger partial charge < -0.3 is 29.6 Å². The Kier molecular flexibility index (Phi) is 5.80. The first-order valence-electron chi connectivity index (χ1n) is 11.2. The van der Waals surface area contributed by atoms with Crippen molar-refractivity contribution < 1.29 is 28.9 Å². The fourth-order valence-corrected chi connectivity index (χ4v) is 5.05. The standard InChI is InChI=1S/C24H24ClFN4O5/c1-3-17(33)28-7-8-29-13(9-28)11-35-22-19(24(29)34)23(30-10-16(32)12(30)2)27-21(20(22)25)18-14(26)5-4-6-15(18)31/h3-6,12-13,16,31-32H,1,7-11H2,2H3/t12-,13-,16-/m1/s1. The molecule has 2 amide bonds.